The summed E-state index contributed by atoms with van der Waals surface area (Å²) in [5.74, 6) is 0. The molecule has 0 saturated heterocycles. The van der Waals surface area contributed by atoms with Gasteiger partial charge in [-0.3, -0.25) is 4.90 Å². The highest BCUT2D eigenvalue weighted by Gasteiger charge is 2.33. The zero-order chi connectivity index (χ0) is 14.5. The van der Waals surface area contributed by atoms with Crippen LogP contribution < -0.4 is 5.32 Å². The van der Waals surface area contributed by atoms with Gasteiger partial charge in [0, 0.05) is 31.8 Å². The van der Waals surface area contributed by atoms with Gasteiger partial charge in [0.2, 0.25) is 0 Å². The first-order chi connectivity index (χ1) is 9.69. The quantitative estimate of drug-likeness (QED) is 0.864. The fourth-order valence-electron chi connectivity index (χ4n) is 3.45. The molecule has 2 atom stereocenters. The predicted molar refractivity (Wildman–Crippen MR) is 84.1 cm³/mol. The van der Waals surface area contributed by atoms with E-state index in [9.17, 15) is 0 Å². The maximum atomic E-state index is 5.29. The first-order valence-corrected chi connectivity index (χ1v) is 7.68. The van der Waals surface area contributed by atoms with Gasteiger partial charge in [0.15, 0.2) is 0 Å². The van der Waals surface area contributed by atoms with Gasteiger partial charge in [-0.25, -0.2) is 0 Å². The molecule has 0 fully saturated rings. The van der Waals surface area contributed by atoms with Crippen molar-refractivity contribution in [2.75, 3.05) is 27.3 Å². The van der Waals surface area contributed by atoms with Crippen molar-refractivity contribution in [1.82, 2.24) is 10.2 Å². The third-order valence-electron chi connectivity index (χ3n) is 4.44. The van der Waals surface area contributed by atoms with Gasteiger partial charge in [-0.15, -0.1) is 0 Å². The molecule has 3 nitrogen and oxygen atoms in total. The van der Waals surface area contributed by atoms with E-state index in [1.807, 2.05) is 0 Å². The predicted octanol–water partition coefficient (Wildman–Crippen LogP) is 2.62. The maximum Gasteiger partial charge on any atom is 0.0589 e. The van der Waals surface area contributed by atoms with E-state index in [4.69, 9.17) is 4.74 Å². The van der Waals surface area contributed by atoms with Crippen LogP contribution in [0.2, 0.25) is 0 Å². The van der Waals surface area contributed by atoms with Gasteiger partial charge in [0.05, 0.1) is 6.61 Å². The molecule has 1 aliphatic carbocycles. The van der Waals surface area contributed by atoms with Crippen LogP contribution in [0.25, 0.3) is 0 Å². The number of nitrogens with zero attached hydrogens (tertiary/aromatic N) is 1. The number of hydrogen-bond donors (Lipinski definition) is 1. The highest BCUT2D eigenvalue weighted by Crippen LogP contribution is 2.33. The molecular formula is C17H28N2O. The highest BCUT2D eigenvalue weighted by molar-refractivity contribution is 5.34. The Bertz CT molecular complexity index is 419. The molecule has 0 aromatic heterocycles. The van der Waals surface area contributed by atoms with Crippen LogP contribution in [0.4, 0.5) is 0 Å². The molecule has 1 aliphatic rings. The second-order valence-electron chi connectivity index (χ2n) is 5.90. The lowest BCUT2D eigenvalue weighted by Gasteiger charge is -2.43. The van der Waals surface area contributed by atoms with E-state index in [0.717, 1.165) is 13.2 Å². The lowest BCUT2D eigenvalue weighted by Crippen LogP contribution is -2.50. The average Bonchev–Trinajstić information content (AvgIpc) is 2.46. The summed E-state index contributed by atoms with van der Waals surface area (Å²) >= 11 is 0. The van der Waals surface area contributed by atoms with Crippen LogP contribution in [0.1, 0.15) is 37.4 Å². The fourth-order valence-corrected chi connectivity index (χ4v) is 3.45. The molecule has 1 N–H and O–H groups in total. The summed E-state index contributed by atoms with van der Waals surface area (Å²) in [4.78, 5) is 2.58. The molecule has 0 bridgehead atoms. The van der Waals surface area contributed by atoms with Crippen LogP contribution in [-0.2, 0) is 11.2 Å². The zero-order valence-electron chi connectivity index (χ0n) is 13.2. The van der Waals surface area contributed by atoms with Crippen molar-refractivity contribution in [2.45, 2.75) is 44.8 Å². The molecule has 0 saturated carbocycles. The number of fused-ring (bicyclic) bond motifs is 1. The van der Waals surface area contributed by atoms with Crippen LogP contribution in [-0.4, -0.2) is 44.3 Å². The largest absolute Gasteiger partial charge is 0.383 e. The molecule has 0 amide bonds. The molecule has 112 valence electrons. The number of rotatable bonds is 6. The van der Waals surface area contributed by atoms with Gasteiger partial charge in [-0.05, 0) is 44.9 Å². The molecule has 2 rings (SSSR count). The number of methoxy groups -OCH3 is 1. The van der Waals surface area contributed by atoms with Gasteiger partial charge in [0.1, 0.15) is 0 Å². The van der Waals surface area contributed by atoms with Crippen LogP contribution >= 0.6 is 0 Å². The molecule has 3 heteroatoms. The monoisotopic (exact) mass is 276 g/mol. The fraction of sp³-hybridized carbons (Fsp3) is 0.647. The molecule has 1 aromatic rings. The second-order valence-corrected chi connectivity index (χ2v) is 5.90. The minimum atomic E-state index is 0.416. The van der Waals surface area contributed by atoms with E-state index < -0.39 is 0 Å². The lowest BCUT2D eigenvalue weighted by atomic mass is 9.83. The van der Waals surface area contributed by atoms with E-state index in [2.05, 4.69) is 55.4 Å². The van der Waals surface area contributed by atoms with Gasteiger partial charge in [0.25, 0.3) is 0 Å². The minimum absolute atomic E-state index is 0.416. The number of aryl methyl sites for hydroxylation is 1. The number of ether oxygens (including phenoxy) is 1. The van der Waals surface area contributed by atoms with E-state index in [1.165, 1.54) is 24.0 Å². The van der Waals surface area contributed by atoms with Crippen molar-refractivity contribution in [3.05, 3.63) is 35.4 Å². The smallest absolute Gasteiger partial charge is 0.0589 e. The van der Waals surface area contributed by atoms with E-state index in [-0.39, 0.29) is 0 Å². The van der Waals surface area contributed by atoms with Gasteiger partial charge >= 0.3 is 0 Å². The van der Waals surface area contributed by atoms with Crippen molar-refractivity contribution in [2.24, 2.45) is 0 Å². The summed E-state index contributed by atoms with van der Waals surface area (Å²) < 4.78 is 5.29. The highest BCUT2D eigenvalue weighted by atomic mass is 16.5. The lowest BCUT2D eigenvalue weighted by molar-refractivity contribution is 0.0711. The Morgan fingerprint density at radius 3 is 2.75 bits per heavy atom. The molecule has 0 spiro atoms. The number of benzene rings is 1. The van der Waals surface area contributed by atoms with Crippen LogP contribution in [0.3, 0.4) is 0 Å². The van der Waals surface area contributed by atoms with Crippen LogP contribution in [0.15, 0.2) is 24.3 Å². The number of likely N-dealkylation sites (N-methyl/N-ethyl adjacent to an activating group) is 1. The third kappa shape index (κ3) is 3.22. The standard InChI is InChI=1S/C17H28N2O/c1-13(2)19(11-12-20-4)16-10-9-14-7-5-6-8-15(14)17(16)18-3/h5-8,13,16-18H,9-12H2,1-4H3. The Labute approximate surface area is 123 Å². The summed E-state index contributed by atoms with van der Waals surface area (Å²) in [5, 5.41) is 3.54. The zero-order valence-corrected chi connectivity index (χ0v) is 13.2. The van der Waals surface area contributed by atoms with Gasteiger partial charge in [-0.2, -0.15) is 0 Å². The number of nitrogens with one attached hydrogen (secondary N) is 1. The van der Waals surface area contributed by atoms with Crippen LogP contribution in [0.5, 0.6) is 0 Å². The number of hydrogen-bond acceptors (Lipinski definition) is 3. The van der Waals surface area contributed by atoms with E-state index in [1.54, 1.807) is 7.11 Å². The molecule has 0 aliphatic heterocycles. The Balaban J connectivity index is 2.23. The summed E-state index contributed by atoms with van der Waals surface area (Å²) in [5.41, 5.74) is 2.97. The minimum Gasteiger partial charge on any atom is -0.383 e. The van der Waals surface area contributed by atoms with Gasteiger partial charge < -0.3 is 10.1 Å². The normalized spacial score (nSPS) is 22.3. The van der Waals surface area contributed by atoms with Crippen molar-refractivity contribution < 1.29 is 4.74 Å². The first-order valence-electron chi connectivity index (χ1n) is 7.68. The summed E-state index contributed by atoms with van der Waals surface area (Å²) in [6.07, 6.45) is 2.39. The van der Waals surface area contributed by atoms with Crippen molar-refractivity contribution >= 4 is 0 Å². The molecular weight excluding hydrogens is 248 g/mol. The molecule has 1 aromatic carbocycles. The van der Waals surface area contributed by atoms with E-state index in [0.29, 0.717) is 18.1 Å². The summed E-state index contributed by atoms with van der Waals surface area (Å²) in [6.45, 7) is 6.36. The summed E-state index contributed by atoms with van der Waals surface area (Å²) in [6, 6.07) is 10.3. The molecule has 0 heterocycles. The van der Waals surface area contributed by atoms with Gasteiger partial charge in [-0.1, -0.05) is 24.3 Å². The molecule has 2 unspecified atom stereocenters. The Hall–Kier alpha value is -0.900. The van der Waals surface area contributed by atoms with E-state index >= 15 is 0 Å². The molecule has 20 heavy (non-hydrogen) atoms. The van der Waals surface area contributed by atoms with Crippen molar-refractivity contribution in [1.29, 1.82) is 0 Å². The average molecular weight is 276 g/mol. The van der Waals surface area contributed by atoms with Crippen molar-refractivity contribution in [3.8, 4) is 0 Å². The Morgan fingerprint density at radius 1 is 1.35 bits per heavy atom. The Kier molecular flexibility index (Phi) is 5.58. The van der Waals surface area contributed by atoms with Crippen LogP contribution in [0, 0.1) is 0 Å². The first kappa shape index (κ1) is 15.5. The SMILES string of the molecule is CNC1c2ccccc2CCC1N(CCOC)C(C)C. The van der Waals surface area contributed by atoms with Crippen molar-refractivity contribution in [3.63, 3.8) is 0 Å². The third-order valence-corrected chi connectivity index (χ3v) is 4.44. The maximum absolute atomic E-state index is 5.29. The Morgan fingerprint density at radius 2 is 2.10 bits per heavy atom. The summed E-state index contributed by atoms with van der Waals surface area (Å²) in [7, 11) is 3.86. The topological polar surface area (TPSA) is 24.5 Å². The second kappa shape index (κ2) is 7.21. The molecule has 0 radical (unpaired) electrons.